The van der Waals surface area contributed by atoms with E-state index in [1.54, 1.807) is 6.33 Å². The summed E-state index contributed by atoms with van der Waals surface area (Å²) in [6.45, 7) is 3.81. The summed E-state index contributed by atoms with van der Waals surface area (Å²) in [5.41, 5.74) is 8.67. The van der Waals surface area contributed by atoms with Gasteiger partial charge in [0.15, 0.2) is 0 Å². The normalized spacial score (nSPS) is 22.4. The molecule has 2 aliphatic rings. The molecule has 5 rings (SSSR count). The molecule has 2 aromatic heterocycles. The highest BCUT2D eigenvalue weighted by Gasteiger charge is 2.33. The van der Waals surface area contributed by atoms with Gasteiger partial charge in [-0.3, -0.25) is 4.79 Å². The van der Waals surface area contributed by atoms with Crippen molar-refractivity contribution >= 4 is 28.4 Å². The molecule has 3 N–H and O–H groups in total. The lowest BCUT2D eigenvalue weighted by molar-refractivity contribution is -0.122. The molecule has 2 saturated heterocycles. The van der Waals surface area contributed by atoms with E-state index in [1.165, 1.54) is 0 Å². The molecular formula is C22H26N6O2. The van der Waals surface area contributed by atoms with Crippen molar-refractivity contribution in [3.8, 4) is 0 Å². The standard InChI is InChI=1S/C22H26N6O2/c23-20(29)15-6-7-28(16-4-2-1-3-5-16)19(12-15)18-13-17-21(26-18)24-14-25-22(17)27-8-10-30-11-9-27/h1-5,13-15,19H,6-12H2,(H2,23,29)(H,24,25,26). The first-order valence-electron chi connectivity index (χ1n) is 10.5. The lowest BCUT2D eigenvalue weighted by Crippen LogP contribution is -2.41. The van der Waals surface area contributed by atoms with Gasteiger partial charge in [0.2, 0.25) is 5.91 Å². The van der Waals surface area contributed by atoms with E-state index in [0.717, 1.165) is 54.3 Å². The summed E-state index contributed by atoms with van der Waals surface area (Å²) in [6.07, 6.45) is 3.05. The second-order valence-corrected chi connectivity index (χ2v) is 7.95. The van der Waals surface area contributed by atoms with Gasteiger partial charge in [0.1, 0.15) is 17.8 Å². The van der Waals surface area contributed by atoms with Crippen LogP contribution in [0, 0.1) is 5.92 Å². The van der Waals surface area contributed by atoms with Crippen molar-refractivity contribution in [3.05, 3.63) is 48.4 Å². The quantitative estimate of drug-likeness (QED) is 0.689. The van der Waals surface area contributed by atoms with E-state index in [-0.39, 0.29) is 17.9 Å². The third-order valence-electron chi connectivity index (χ3n) is 6.19. The smallest absolute Gasteiger partial charge is 0.220 e. The Labute approximate surface area is 175 Å². The van der Waals surface area contributed by atoms with E-state index in [2.05, 4.69) is 43.0 Å². The van der Waals surface area contributed by atoms with Gasteiger partial charge in [-0.2, -0.15) is 0 Å². The molecule has 156 valence electrons. The Hall–Kier alpha value is -3.13. The zero-order valence-corrected chi connectivity index (χ0v) is 16.8. The summed E-state index contributed by atoms with van der Waals surface area (Å²) in [5, 5.41) is 1.00. The molecule has 0 spiro atoms. The number of nitrogens with two attached hydrogens (primary N) is 1. The summed E-state index contributed by atoms with van der Waals surface area (Å²) in [5.74, 6) is 0.572. The van der Waals surface area contributed by atoms with Gasteiger partial charge in [-0.25, -0.2) is 9.97 Å². The molecule has 0 radical (unpaired) electrons. The monoisotopic (exact) mass is 406 g/mol. The molecule has 30 heavy (non-hydrogen) atoms. The summed E-state index contributed by atoms with van der Waals surface area (Å²) < 4.78 is 5.49. The molecule has 0 saturated carbocycles. The van der Waals surface area contributed by atoms with Crippen molar-refractivity contribution in [1.29, 1.82) is 0 Å². The molecule has 2 fully saturated rings. The Morgan fingerprint density at radius 2 is 1.93 bits per heavy atom. The molecule has 0 aliphatic carbocycles. The number of carbonyl (C=O) groups excluding carboxylic acids is 1. The minimum absolute atomic E-state index is 0.0189. The molecule has 8 nitrogen and oxygen atoms in total. The van der Waals surface area contributed by atoms with Gasteiger partial charge in [0.25, 0.3) is 0 Å². The number of H-pyrrole nitrogens is 1. The number of aromatic amines is 1. The van der Waals surface area contributed by atoms with E-state index in [4.69, 9.17) is 10.5 Å². The molecule has 3 aromatic rings. The van der Waals surface area contributed by atoms with Crippen LogP contribution in [0.1, 0.15) is 24.6 Å². The lowest BCUT2D eigenvalue weighted by atomic mass is 9.88. The highest BCUT2D eigenvalue weighted by molar-refractivity contribution is 5.88. The average molecular weight is 406 g/mol. The van der Waals surface area contributed by atoms with Gasteiger partial charge in [-0.05, 0) is 31.0 Å². The largest absolute Gasteiger partial charge is 0.378 e. The number of rotatable bonds is 4. The maximum atomic E-state index is 12.0. The number of benzene rings is 1. The Bertz CT molecular complexity index is 1030. The number of nitrogens with one attached hydrogen (secondary N) is 1. The zero-order chi connectivity index (χ0) is 20.5. The third kappa shape index (κ3) is 3.47. The van der Waals surface area contributed by atoms with Crippen LogP contribution in [-0.4, -0.2) is 53.7 Å². The number of amides is 1. The summed E-state index contributed by atoms with van der Waals surface area (Å²) in [6, 6.07) is 12.5. The Kier molecular flexibility index (Phi) is 5.00. The van der Waals surface area contributed by atoms with Gasteiger partial charge in [-0.15, -0.1) is 0 Å². The predicted molar refractivity (Wildman–Crippen MR) is 115 cm³/mol. The van der Waals surface area contributed by atoms with Gasteiger partial charge < -0.3 is 25.3 Å². The van der Waals surface area contributed by atoms with Crippen molar-refractivity contribution < 1.29 is 9.53 Å². The fraction of sp³-hybridized carbons (Fsp3) is 0.409. The number of piperidine rings is 1. The number of hydrogen-bond donors (Lipinski definition) is 2. The second-order valence-electron chi connectivity index (χ2n) is 7.95. The minimum atomic E-state index is -0.224. The number of aromatic nitrogens is 3. The first-order chi connectivity index (χ1) is 14.7. The number of fused-ring (bicyclic) bond motifs is 1. The predicted octanol–water partition coefficient (Wildman–Crippen LogP) is 2.24. The van der Waals surface area contributed by atoms with Crippen molar-refractivity contribution in [2.24, 2.45) is 11.7 Å². The topological polar surface area (TPSA) is 100 Å². The number of carbonyl (C=O) groups is 1. The maximum absolute atomic E-state index is 12.0. The number of primary amides is 1. The van der Waals surface area contributed by atoms with E-state index in [1.807, 2.05) is 18.2 Å². The highest BCUT2D eigenvalue weighted by Crippen LogP contribution is 2.39. The summed E-state index contributed by atoms with van der Waals surface area (Å²) in [7, 11) is 0. The van der Waals surface area contributed by atoms with Crippen molar-refractivity contribution in [2.45, 2.75) is 18.9 Å². The number of para-hydroxylation sites is 1. The van der Waals surface area contributed by atoms with Crippen molar-refractivity contribution in [2.75, 3.05) is 42.6 Å². The summed E-state index contributed by atoms with van der Waals surface area (Å²) in [4.78, 5) is 29.1. The second kappa shape index (κ2) is 7.95. The lowest BCUT2D eigenvalue weighted by Gasteiger charge is -2.39. The number of ether oxygens (including phenoxy) is 1. The average Bonchev–Trinajstić information content (AvgIpc) is 3.24. The first-order valence-corrected chi connectivity index (χ1v) is 10.5. The van der Waals surface area contributed by atoms with E-state index >= 15 is 0 Å². The zero-order valence-electron chi connectivity index (χ0n) is 16.8. The number of nitrogens with zero attached hydrogens (tertiary/aromatic N) is 4. The molecule has 8 heteroatoms. The van der Waals surface area contributed by atoms with E-state index in [9.17, 15) is 4.79 Å². The van der Waals surface area contributed by atoms with Gasteiger partial charge in [-0.1, -0.05) is 18.2 Å². The van der Waals surface area contributed by atoms with Crippen LogP contribution < -0.4 is 15.5 Å². The molecule has 4 heterocycles. The molecule has 0 bridgehead atoms. The highest BCUT2D eigenvalue weighted by atomic mass is 16.5. The SMILES string of the molecule is NC(=O)C1CCN(c2ccccc2)C(c2cc3c(N4CCOCC4)ncnc3[nH]2)C1. The number of hydrogen-bond acceptors (Lipinski definition) is 6. The molecule has 2 unspecified atom stereocenters. The molecule has 1 aromatic carbocycles. The van der Waals surface area contributed by atoms with Crippen LogP contribution in [0.25, 0.3) is 11.0 Å². The molecule has 1 amide bonds. The molecule has 2 atom stereocenters. The van der Waals surface area contributed by atoms with E-state index < -0.39 is 0 Å². The van der Waals surface area contributed by atoms with Crippen LogP contribution in [-0.2, 0) is 9.53 Å². The van der Waals surface area contributed by atoms with Gasteiger partial charge in [0.05, 0.1) is 24.6 Å². The number of morpholine rings is 1. The maximum Gasteiger partial charge on any atom is 0.220 e. The Balaban J connectivity index is 1.54. The van der Waals surface area contributed by atoms with Crippen LogP contribution in [0.4, 0.5) is 11.5 Å². The first kappa shape index (κ1) is 18.9. The Morgan fingerprint density at radius 3 is 2.70 bits per heavy atom. The van der Waals surface area contributed by atoms with Gasteiger partial charge in [0, 0.05) is 36.9 Å². The number of anilines is 2. The van der Waals surface area contributed by atoms with E-state index in [0.29, 0.717) is 19.6 Å². The van der Waals surface area contributed by atoms with Crippen molar-refractivity contribution in [1.82, 2.24) is 15.0 Å². The minimum Gasteiger partial charge on any atom is -0.378 e. The molecule has 2 aliphatic heterocycles. The summed E-state index contributed by atoms with van der Waals surface area (Å²) >= 11 is 0. The van der Waals surface area contributed by atoms with Crippen LogP contribution >= 0.6 is 0 Å². The van der Waals surface area contributed by atoms with Crippen LogP contribution in [0.5, 0.6) is 0 Å². The van der Waals surface area contributed by atoms with Crippen LogP contribution in [0.2, 0.25) is 0 Å². The van der Waals surface area contributed by atoms with Gasteiger partial charge >= 0.3 is 0 Å². The Morgan fingerprint density at radius 1 is 1.13 bits per heavy atom. The van der Waals surface area contributed by atoms with Crippen LogP contribution in [0.3, 0.4) is 0 Å². The fourth-order valence-corrected chi connectivity index (χ4v) is 4.60. The van der Waals surface area contributed by atoms with Crippen LogP contribution in [0.15, 0.2) is 42.7 Å². The fourth-order valence-electron chi connectivity index (χ4n) is 4.60. The van der Waals surface area contributed by atoms with Crippen molar-refractivity contribution in [3.63, 3.8) is 0 Å². The third-order valence-corrected chi connectivity index (χ3v) is 6.19. The molecular weight excluding hydrogens is 380 g/mol.